The minimum absolute atomic E-state index is 0.00588. The van der Waals surface area contributed by atoms with Gasteiger partial charge in [-0.05, 0) is 54.9 Å². The van der Waals surface area contributed by atoms with E-state index in [4.69, 9.17) is 5.11 Å². The highest BCUT2D eigenvalue weighted by atomic mass is 16.4. The summed E-state index contributed by atoms with van der Waals surface area (Å²) in [6, 6.07) is 6.27. The average Bonchev–Trinajstić information content (AvgIpc) is 3.00. The highest BCUT2D eigenvalue weighted by Crippen LogP contribution is 2.65. The van der Waals surface area contributed by atoms with E-state index in [1.807, 2.05) is 0 Å². The van der Waals surface area contributed by atoms with Crippen molar-refractivity contribution in [3.8, 4) is 0 Å². The molecule has 116 valence electrons. The Balaban J connectivity index is 1.80. The van der Waals surface area contributed by atoms with Crippen LogP contribution >= 0.6 is 0 Å². The standard InChI is InChI=1S/C18H21NO3/c1-11-17(2,3)13-8-9-18(11,10-13)16(22)19-14-6-4-12(5-7-14)15(20)21/h4-7,13H,1,8-10H2,2-3H3,(H,19,22)(H,20,21)/t13-,18-/m1/s1. The lowest BCUT2D eigenvalue weighted by atomic mass is 9.68. The van der Waals surface area contributed by atoms with Gasteiger partial charge < -0.3 is 10.4 Å². The summed E-state index contributed by atoms with van der Waals surface area (Å²) in [5.74, 6) is -0.449. The van der Waals surface area contributed by atoms with E-state index in [9.17, 15) is 9.59 Å². The summed E-state index contributed by atoms with van der Waals surface area (Å²) in [6.45, 7) is 8.58. The smallest absolute Gasteiger partial charge is 0.335 e. The molecule has 0 radical (unpaired) electrons. The summed E-state index contributed by atoms with van der Waals surface area (Å²) in [6.07, 6.45) is 2.80. The van der Waals surface area contributed by atoms with Gasteiger partial charge in [0.1, 0.15) is 0 Å². The second-order valence-corrected chi connectivity index (χ2v) is 7.06. The van der Waals surface area contributed by atoms with E-state index in [1.54, 1.807) is 12.1 Å². The average molecular weight is 299 g/mol. The minimum Gasteiger partial charge on any atom is -0.478 e. The zero-order valence-corrected chi connectivity index (χ0v) is 13.0. The highest BCUT2D eigenvalue weighted by Gasteiger charge is 2.60. The Kier molecular flexibility index (Phi) is 3.17. The van der Waals surface area contributed by atoms with E-state index < -0.39 is 11.4 Å². The lowest BCUT2D eigenvalue weighted by molar-refractivity contribution is -0.123. The molecule has 0 aliphatic heterocycles. The molecule has 2 atom stereocenters. The van der Waals surface area contributed by atoms with E-state index >= 15 is 0 Å². The number of nitrogens with one attached hydrogen (secondary N) is 1. The van der Waals surface area contributed by atoms with Gasteiger partial charge in [-0.25, -0.2) is 4.79 Å². The van der Waals surface area contributed by atoms with Crippen LogP contribution in [0.5, 0.6) is 0 Å². The Morgan fingerprint density at radius 2 is 1.91 bits per heavy atom. The first-order chi connectivity index (χ1) is 10.3. The van der Waals surface area contributed by atoms with Gasteiger partial charge in [-0.1, -0.05) is 26.0 Å². The molecule has 0 spiro atoms. The fourth-order valence-corrected chi connectivity index (χ4v) is 4.09. The molecule has 2 fully saturated rings. The third kappa shape index (κ3) is 1.97. The van der Waals surface area contributed by atoms with Gasteiger partial charge in [0.15, 0.2) is 0 Å². The highest BCUT2D eigenvalue weighted by molar-refractivity contribution is 5.99. The number of hydrogen-bond donors (Lipinski definition) is 2. The van der Waals surface area contributed by atoms with Crippen molar-refractivity contribution < 1.29 is 14.7 Å². The first kappa shape index (κ1) is 14.8. The lowest BCUT2D eigenvalue weighted by Gasteiger charge is -2.37. The van der Waals surface area contributed by atoms with Crippen LogP contribution in [-0.2, 0) is 4.79 Å². The number of carbonyl (C=O) groups is 2. The number of carboxylic acids is 1. The predicted molar refractivity (Wildman–Crippen MR) is 84.7 cm³/mol. The number of carbonyl (C=O) groups excluding carboxylic acids is 1. The Bertz CT molecular complexity index is 659. The molecule has 2 aliphatic rings. The first-order valence-corrected chi connectivity index (χ1v) is 7.62. The summed E-state index contributed by atoms with van der Waals surface area (Å²) < 4.78 is 0. The number of rotatable bonds is 3. The Morgan fingerprint density at radius 1 is 1.27 bits per heavy atom. The quantitative estimate of drug-likeness (QED) is 0.836. The van der Waals surface area contributed by atoms with Crippen LogP contribution in [0.4, 0.5) is 5.69 Å². The summed E-state index contributed by atoms with van der Waals surface area (Å²) in [5, 5.41) is 11.9. The summed E-state index contributed by atoms with van der Waals surface area (Å²) in [7, 11) is 0. The van der Waals surface area contributed by atoms with E-state index in [1.165, 1.54) is 12.1 Å². The van der Waals surface area contributed by atoms with Gasteiger partial charge in [0.05, 0.1) is 11.0 Å². The van der Waals surface area contributed by atoms with Gasteiger partial charge >= 0.3 is 5.97 Å². The van der Waals surface area contributed by atoms with Crippen LogP contribution < -0.4 is 5.32 Å². The molecule has 4 nitrogen and oxygen atoms in total. The van der Waals surface area contributed by atoms with E-state index in [0.29, 0.717) is 11.6 Å². The Labute approximate surface area is 130 Å². The van der Waals surface area contributed by atoms with Crippen molar-refractivity contribution in [3.05, 3.63) is 42.0 Å². The molecule has 2 bridgehead atoms. The molecule has 0 aromatic heterocycles. The number of carboxylic acid groups (broad SMARTS) is 1. The number of aromatic carboxylic acids is 1. The van der Waals surface area contributed by atoms with Crippen molar-refractivity contribution in [3.63, 3.8) is 0 Å². The van der Waals surface area contributed by atoms with Crippen LogP contribution in [0.2, 0.25) is 0 Å². The SMILES string of the molecule is C=C1C(C)(C)[C@@H]2CC[C@@]1(C(=O)Nc1ccc(C(=O)O)cc1)C2. The van der Waals surface area contributed by atoms with Crippen molar-refractivity contribution in [1.82, 2.24) is 0 Å². The molecule has 0 heterocycles. The molecule has 4 heteroatoms. The molecule has 3 rings (SSSR count). The summed E-state index contributed by atoms with van der Waals surface area (Å²) in [4.78, 5) is 23.7. The third-order valence-corrected chi connectivity index (χ3v) is 5.71. The van der Waals surface area contributed by atoms with Crippen molar-refractivity contribution in [2.45, 2.75) is 33.1 Å². The molecule has 2 aliphatic carbocycles. The number of benzene rings is 1. The zero-order chi connectivity index (χ0) is 16.1. The fraction of sp³-hybridized carbons (Fsp3) is 0.444. The molecule has 1 aromatic rings. The molecule has 1 aromatic carbocycles. The van der Waals surface area contributed by atoms with Crippen molar-refractivity contribution >= 4 is 17.6 Å². The van der Waals surface area contributed by atoms with Crippen molar-refractivity contribution in [2.75, 3.05) is 5.32 Å². The van der Waals surface area contributed by atoms with Crippen LogP contribution in [-0.4, -0.2) is 17.0 Å². The second kappa shape index (κ2) is 4.70. The van der Waals surface area contributed by atoms with Crippen LogP contribution in [0.15, 0.2) is 36.4 Å². The number of amides is 1. The van der Waals surface area contributed by atoms with E-state index in [-0.39, 0.29) is 16.9 Å². The largest absolute Gasteiger partial charge is 0.478 e. The van der Waals surface area contributed by atoms with Gasteiger partial charge in [0.25, 0.3) is 0 Å². The monoisotopic (exact) mass is 299 g/mol. The molecular formula is C18H21NO3. The van der Waals surface area contributed by atoms with Crippen LogP contribution in [0.25, 0.3) is 0 Å². The van der Waals surface area contributed by atoms with E-state index in [2.05, 4.69) is 25.7 Å². The van der Waals surface area contributed by atoms with Gasteiger partial charge in [-0.15, -0.1) is 0 Å². The van der Waals surface area contributed by atoms with Crippen molar-refractivity contribution in [1.29, 1.82) is 0 Å². The predicted octanol–water partition coefficient (Wildman–Crippen LogP) is 3.71. The molecule has 2 N–H and O–H groups in total. The van der Waals surface area contributed by atoms with Crippen molar-refractivity contribution in [2.24, 2.45) is 16.7 Å². The normalized spacial score (nSPS) is 28.6. The fourth-order valence-electron chi connectivity index (χ4n) is 4.09. The Morgan fingerprint density at radius 3 is 2.41 bits per heavy atom. The maximum absolute atomic E-state index is 12.8. The molecule has 0 saturated heterocycles. The minimum atomic E-state index is -0.971. The molecule has 0 unspecified atom stereocenters. The Hall–Kier alpha value is -2.10. The van der Waals surface area contributed by atoms with Gasteiger partial charge in [0.2, 0.25) is 5.91 Å². The molecule has 22 heavy (non-hydrogen) atoms. The first-order valence-electron chi connectivity index (χ1n) is 7.62. The van der Waals surface area contributed by atoms with Crippen LogP contribution in [0, 0.1) is 16.7 Å². The summed E-state index contributed by atoms with van der Waals surface area (Å²) in [5.41, 5.74) is 1.44. The molecule has 1 amide bonds. The van der Waals surface area contributed by atoms with Crippen LogP contribution in [0.3, 0.4) is 0 Å². The van der Waals surface area contributed by atoms with Gasteiger partial charge in [0, 0.05) is 5.69 Å². The van der Waals surface area contributed by atoms with Gasteiger partial charge in [-0.2, -0.15) is 0 Å². The third-order valence-electron chi connectivity index (χ3n) is 5.71. The zero-order valence-electron chi connectivity index (χ0n) is 13.0. The molecular weight excluding hydrogens is 278 g/mol. The van der Waals surface area contributed by atoms with Crippen LogP contribution in [0.1, 0.15) is 43.5 Å². The number of fused-ring (bicyclic) bond motifs is 2. The second-order valence-electron chi connectivity index (χ2n) is 7.06. The van der Waals surface area contributed by atoms with Gasteiger partial charge in [-0.3, -0.25) is 4.79 Å². The summed E-state index contributed by atoms with van der Waals surface area (Å²) >= 11 is 0. The number of anilines is 1. The topological polar surface area (TPSA) is 66.4 Å². The molecule has 2 saturated carbocycles. The maximum atomic E-state index is 12.8. The lowest BCUT2D eigenvalue weighted by Crippen LogP contribution is -2.37. The maximum Gasteiger partial charge on any atom is 0.335 e. The van der Waals surface area contributed by atoms with E-state index in [0.717, 1.165) is 24.8 Å². The number of hydrogen-bond acceptors (Lipinski definition) is 2.